The highest BCUT2D eigenvalue weighted by atomic mass is 32.2. The average molecular weight is 362 g/mol. The predicted octanol–water partition coefficient (Wildman–Crippen LogP) is 2.01. The Bertz CT molecular complexity index is 825. The first-order chi connectivity index (χ1) is 12.0. The number of amides is 1. The summed E-state index contributed by atoms with van der Waals surface area (Å²) in [5.74, 6) is -0.231. The minimum Gasteiger partial charge on any atom is -0.335 e. The number of sulfonamides is 1. The van der Waals surface area contributed by atoms with E-state index in [4.69, 9.17) is 0 Å². The number of imidazole rings is 1. The van der Waals surface area contributed by atoms with Crippen LogP contribution in [0, 0.1) is 5.92 Å². The van der Waals surface area contributed by atoms with Crippen LogP contribution in [0.5, 0.6) is 0 Å². The Morgan fingerprint density at radius 1 is 1.36 bits per heavy atom. The molecular formula is C17H22N4O3S. The van der Waals surface area contributed by atoms with Gasteiger partial charge in [0.05, 0.1) is 12.5 Å². The number of carbonyl (C=O) groups excluding carboxylic acids is 1. The number of hydrogen-bond acceptors (Lipinski definition) is 4. The van der Waals surface area contributed by atoms with Crippen molar-refractivity contribution in [1.29, 1.82) is 0 Å². The number of carbonyl (C=O) groups is 1. The van der Waals surface area contributed by atoms with Gasteiger partial charge in [-0.2, -0.15) is 4.31 Å². The topological polar surface area (TPSA) is 95.2 Å². The third-order valence-electron chi connectivity index (χ3n) is 4.52. The standard InChI is InChI=1S/C17H22N4O3S/c1-2-13-4-3-5-15(10-13)20-17(22)14-6-8-21(9-7-14)25(23,24)16-11-18-12-19-16/h3-5,10-12,14H,2,6-9H2,1H3,(H,18,19)(H,20,22). The lowest BCUT2D eigenvalue weighted by Gasteiger charge is -2.30. The molecule has 1 aliphatic heterocycles. The summed E-state index contributed by atoms with van der Waals surface area (Å²) in [5, 5.41) is 3.03. The lowest BCUT2D eigenvalue weighted by atomic mass is 9.97. The zero-order chi connectivity index (χ0) is 17.9. The fourth-order valence-corrected chi connectivity index (χ4v) is 4.36. The molecule has 0 radical (unpaired) electrons. The van der Waals surface area contributed by atoms with Crippen molar-refractivity contribution in [3.05, 3.63) is 42.4 Å². The van der Waals surface area contributed by atoms with E-state index in [1.54, 1.807) is 0 Å². The van der Waals surface area contributed by atoms with Gasteiger partial charge in [-0.15, -0.1) is 0 Å². The molecule has 2 heterocycles. The molecule has 0 aliphatic carbocycles. The minimum atomic E-state index is -3.55. The van der Waals surface area contributed by atoms with Gasteiger partial charge >= 0.3 is 0 Å². The van der Waals surface area contributed by atoms with E-state index < -0.39 is 10.0 Å². The Kier molecular flexibility index (Phi) is 5.19. The Labute approximate surface area is 147 Å². The molecule has 25 heavy (non-hydrogen) atoms. The number of benzene rings is 1. The number of nitrogens with one attached hydrogen (secondary N) is 2. The van der Waals surface area contributed by atoms with E-state index in [2.05, 4.69) is 22.2 Å². The monoisotopic (exact) mass is 362 g/mol. The first kappa shape index (κ1) is 17.6. The molecule has 2 N–H and O–H groups in total. The van der Waals surface area contributed by atoms with Gasteiger partial charge in [-0.3, -0.25) is 4.79 Å². The van der Waals surface area contributed by atoms with Crippen molar-refractivity contribution in [3.63, 3.8) is 0 Å². The van der Waals surface area contributed by atoms with Gasteiger partial charge in [-0.25, -0.2) is 13.4 Å². The van der Waals surface area contributed by atoms with Crippen molar-refractivity contribution in [2.24, 2.45) is 5.92 Å². The summed E-state index contributed by atoms with van der Waals surface area (Å²) >= 11 is 0. The van der Waals surface area contributed by atoms with Gasteiger partial charge in [0.25, 0.3) is 10.0 Å². The van der Waals surface area contributed by atoms with Crippen molar-refractivity contribution in [1.82, 2.24) is 14.3 Å². The second kappa shape index (κ2) is 7.37. The first-order valence-corrected chi connectivity index (χ1v) is 9.83. The molecular weight excluding hydrogens is 340 g/mol. The average Bonchev–Trinajstić information content (AvgIpc) is 3.17. The molecule has 1 aromatic carbocycles. The molecule has 1 fully saturated rings. The Hall–Kier alpha value is -2.19. The number of aromatic amines is 1. The largest absolute Gasteiger partial charge is 0.335 e. The van der Waals surface area contributed by atoms with Crippen LogP contribution in [0.25, 0.3) is 0 Å². The molecule has 1 aromatic heterocycles. The SMILES string of the molecule is CCc1cccc(NC(=O)C2CCN(S(=O)(=O)c3cnc[nH]3)CC2)c1. The zero-order valence-electron chi connectivity index (χ0n) is 14.1. The van der Waals surface area contributed by atoms with E-state index in [-0.39, 0.29) is 16.9 Å². The van der Waals surface area contributed by atoms with Crippen molar-refractivity contribution in [2.75, 3.05) is 18.4 Å². The zero-order valence-corrected chi connectivity index (χ0v) is 14.9. The minimum absolute atomic E-state index is 0.0492. The number of aryl methyl sites for hydroxylation is 1. The van der Waals surface area contributed by atoms with Gasteiger partial charge in [-0.05, 0) is 37.0 Å². The van der Waals surface area contributed by atoms with Gasteiger partial charge in [0.1, 0.15) is 0 Å². The maximum absolute atomic E-state index is 12.5. The number of rotatable bonds is 5. The van der Waals surface area contributed by atoms with Crippen LogP contribution in [-0.4, -0.2) is 41.7 Å². The van der Waals surface area contributed by atoms with E-state index in [1.165, 1.54) is 22.4 Å². The quantitative estimate of drug-likeness (QED) is 0.850. The van der Waals surface area contributed by atoms with E-state index in [0.29, 0.717) is 25.9 Å². The van der Waals surface area contributed by atoms with Gasteiger partial charge in [0.2, 0.25) is 5.91 Å². The van der Waals surface area contributed by atoms with Crippen LogP contribution in [-0.2, 0) is 21.2 Å². The van der Waals surface area contributed by atoms with Crippen LogP contribution in [0.2, 0.25) is 0 Å². The molecule has 2 aromatic rings. The Balaban J connectivity index is 1.59. The normalized spacial score (nSPS) is 16.7. The van der Waals surface area contributed by atoms with Crippen molar-refractivity contribution < 1.29 is 13.2 Å². The van der Waals surface area contributed by atoms with Gasteiger partial charge < -0.3 is 10.3 Å². The van der Waals surface area contributed by atoms with E-state index >= 15 is 0 Å². The van der Waals surface area contributed by atoms with Crippen molar-refractivity contribution in [2.45, 2.75) is 31.2 Å². The van der Waals surface area contributed by atoms with Crippen LogP contribution in [0.4, 0.5) is 5.69 Å². The molecule has 7 nitrogen and oxygen atoms in total. The molecule has 0 saturated carbocycles. The number of anilines is 1. The molecule has 134 valence electrons. The number of aromatic nitrogens is 2. The highest BCUT2D eigenvalue weighted by Gasteiger charge is 2.32. The lowest BCUT2D eigenvalue weighted by Crippen LogP contribution is -2.41. The maximum Gasteiger partial charge on any atom is 0.260 e. The summed E-state index contributed by atoms with van der Waals surface area (Å²) in [5.41, 5.74) is 1.95. The summed E-state index contributed by atoms with van der Waals surface area (Å²) in [4.78, 5) is 18.9. The second-order valence-corrected chi connectivity index (χ2v) is 8.04. The smallest absolute Gasteiger partial charge is 0.260 e. The summed E-state index contributed by atoms with van der Waals surface area (Å²) in [7, 11) is -3.55. The number of hydrogen-bond donors (Lipinski definition) is 2. The second-order valence-electron chi connectivity index (χ2n) is 6.14. The summed E-state index contributed by atoms with van der Waals surface area (Å²) in [6, 6.07) is 7.78. The summed E-state index contributed by atoms with van der Waals surface area (Å²) in [6.07, 6.45) is 4.57. The molecule has 1 aliphatic rings. The van der Waals surface area contributed by atoms with Crippen LogP contribution < -0.4 is 5.32 Å². The van der Waals surface area contributed by atoms with Gasteiger partial charge in [-0.1, -0.05) is 19.1 Å². The molecule has 0 atom stereocenters. The highest BCUT2D eigenvalue weighted by Crippen LogP contribution is 2.24. The number of piperidine rings is 1. The molecule has 1 amide bonds. The van der Waals surface area contributed by atoms with Crippen LogP contribution >= 0.6 is 0 Å². The fourth-order valence-electron chi connectivity index (χ4n) is 2.99. The van der Waals surface area contributed by atoms with Gasteiger partial charge in [0, 0.05) is 24.7 Å². The molecule has 0 spiro atoms. The third kappa shape index (κ3) is 3.91. The lowest BCUT2D eigenvalue weighted by molar-refractivity contribution is -0.120. The third-order valence-corrected chi connectivity index (χ3v) is 6.34. The molecule has 3 rings (SSSR count). The van der Waals surface area contributed by atoms with Crippen LogP contribution in [0.15, 0.2) is 41.8 Å². The van der Waals surface area contributed by atoms with Crippen LogP contribution in [0.1, 0.15) is 25.3 Å². The number of H-pyrrole nitrogens is 1. The van der Waals surface area contributed by atoms with E-state index in [0.717, 1.165) is 12.1 Å². The maximum atomic E-state index is 12.5. The Morgan fingerprint density at radius 2 is 2.12 bits per heavy atom. The molecule has 0 bridgehead atoms. The molecule has 0 unspecified atom stereocenters. The highest BCUT2D eigenvalue weighted by molar-refractivity contribution is 7.89. The fraction of sp³-hybridized carbons (Fsp3) is 0.412. The summed E-state index contributed by atoms with van der Waals surface area (Å²) < 4.78 is 26.3. The van der Waals surface area contributed by atoms with E-state index in [1.807, 2.05) is 24.3 Å². The molecule has 8 heteroatoms. The summed E-state index contributed by atoms with van der Waals surface area (Å²) in [6.45, 7) is 2.72. The number of nitrogens with zero attached hydrogens (tertiary/aromatic N) is 2. The van der Waals surface area contributed by atoms with Crippen molar-refractivity contribution >= 4 is 21.6 Å². The van der Waals surface area contributed by atoms with E-state index in [9.17, 15) is 13.2 Å². The Morgan fingerprint density at radius 3 is 2.76 bits per heavy atom. The van der Waals surface area contributed by atoms with Crippen molar-refractivity contribution in [3.8, 4) is 0 Å². The van der Waals surface area contributed by atoms with Gasteiger partial charge in [0.15, 0.2) is 5.03 Å². The first-order valence-electron chi connectivity index (χ1n) is 8.39. The molecule has 1 saturated heterocycles. The van der Waals surface area contributed by atoms with Crippen LogP contribution in [0.3, 0.4) is 0 Å². The predicted molar refractivity (Wildman–Crippen MR) is 94.5 cm³/mol.